The van der Waals surface area contributed by atoms with Crippen LogP contribution in [0.1, 0.15) is 5.56 Å². The molecular formula is C8H10N2O2. The van der Waals surface area contributed by atoms with Crippen LogP contribution in [0.2, 0.25) is 0 Å². The zero-order chi connectivity index (χ0) is 8.39. The van der Waals surface area contributed by atoms with Crippen LogP contribution >= 0.6 is 0 Å². The minimum absolute atomic E-state index is 0.434. The van der Waals surface area contributed by atoms with E-state index in [1.54, 1.807) is 24.3 Å². The Balaban J connectivity index is 2.29. The lowest BCUT2D eigenvalue weighted by atomic mass is 10.2. The molecule has 0 aromatic carbocycles. The zero-order valence-corrected chi connectivity index (χ0v) is 6.86. The lowest BCUT2D eigenvalue weighted by Gasteiger charge is -2.09. The third-order valence-corrected chi connectivity index (χ3v) is 1.73. The number of methoxy groups -OCH3 is 1. The lowest BCUT2D eigenvalue weighted by Crippen LogP contribution is -2.05. The van der Waals surface area contributed by atoms with Gasteiger partial charge in [0.15, 0.2) is 0 Å². The molecule has 0 saturated carbocycles. The van der Waals surface area contributed by atoms with Crippen molar-refractivity contribution < 1.29 is 9.47 Å². The Morgan fingerprint density at radius 1 is 1.75 bits per heavy atom. The Bertz CT molecular complexity index is 304. The highest BCUT2D eigenvalue weighted by molar-refractivity contribution is 5.29. The number of allylic oxidation sites excluding steroid dienone is 1. The SMILES string of the molecule is COCn1ncc2c1OC=CC2. The van der Waals surface area contributed by atoms with Crippen LogP contribution in [-0.2, 0) is 17.9 Å². The van der Waals surface area contributed by atoms with Gasteiger partial charge in [-0.3, -0.25) is 0 Å². The molecule has 2 rings (SSSR count). The monoisotopic (exact) mass is 166 g/mol. The van der Waals surface area contributed by atoms with E-state index in [1.165, 1.54) is 0 Å². The van der Waals surface area contributed by atoms with Crippen LogP contribution in [0.5, 0.6) is 5.88 Å². The number of aromatic nitrogens is 2. The van der Waals surface area contributed by atoms with Crippen molar-refractivity contribution in [2.75, 3.05) is 7.11 Å². The van der Waals surface area contributed by atoms with Crippen LogP contribution in [0, 0.1) is 0 Å². The minimum Gasteiger partial charge on any atom is -0.447 e. The maximum absolute atomic E-state index is 5.29. The normalized spacial score (nSPS) is 14.1. The molecule has 0 fully saturated rings. The van der Waals surface area contributed by atoms with E-state index in [0.717, 1.165) is 17.9 Å². The first-order chi connectivity index (χ1) is 5.92. The third kappa shape index (κ3) is 1.10. The van der Waals surface area contributed by atoms with Crippen molar-refractivity contribution in [3.8, 4) is 5.88 Å². The Hall–Kier alpha value is -1.29. The van der Waals surface area contributed by atoms with Gasteiger partial charge in [0.1, 0.15) is 6.73 Å². The van der Waals surface area contributed by atoms with Crippen LogP contribution in [0.4, 0.5) is 0 Å². The Morgan fingerprint density at radius 2 is 2.67 bits per heavy atom. The van der Waals surface area contributed by atoms with Gasteiger partial charge >= 0.3 is 0 Å². The highest BCUT2D eigenvalue weighted by Gasteiger charge is 2.12. The van der Waals surface area contributed by atoms with E-state index in [4.69, 9.17) is 9.47 Å². The second-order valence-corrected chi connectivity index (χ2v) is 2.59. The van der Waals surface area contributed by atoms with Crippen molar-refractivity contribution >= 4 is 0 Å². The maximum Gasteiger partial charge on any atom is 0.222 e. The number of ether oxygens (including phenoxy) is 2. The number of hydrogen-bond donors (Lipinski definition) is 0. The highest BCUT2D eigenvalue weighted by atomic mass is 16.5. The summed E-state index contributed by atoms with van der Waals surface area (Å²) in [5, 5.41) is 4.11. The molecule has 12 heavy (non-hydrogen) atoms. The van der Waals surface area contributed by atoms with Gasteiger partial charge in [0, 0.05) is 19.1 Å². The van der Waals surface area contributed by atoms with E-state index in [0.29, 0.717) is 6.73 Å². The average Bonchev–Trinajstić information content (AvgIpc) is 2.50. The summed E-state index contributed by atoms with van der Waals surface area (Å²) in [6.45, 7) is 0.434. The highest BCUT2D eigenvalue weighted by Crippen LogP contribution is 2.22. The van der Waals surface area contributed by atoms with E-state index in [-0.39, 0.29) is 0 Å². The molecule has 4 nitrogen and oxygen atoms in total. The molecule has 0 radical (unpaired) electrons. The molecule has 64 valence electrons. The molecular weight excluding hydrogens is 156 g/mol. The van der Waals surface area contributed by atoms with E-state index < -0.39 is 0 Å². The summed E-state index contributed by atoms with van der Waals surface area (Å²) in [5.74, 6) is 0.791. The van der Waals surface area contributed by atoms with Gasteiger partial charge in [-0.05, 0) is 6.08 Å². The number of rotatable bonds is 2. The van der Waals surface area contributed by atoms with Gasteiger partial charge in [0.25, 0.3) is 0 Å². The van der Waals surface area contributed by atoms with Gasteiger partial charge in [0.2, 0.25) is 5.88 Å². The van der Waals surface area contributed by atoms with Crippen molar-refractivity contribution in [1.29, 1.82) is 0 Å². The third-order valence-electron chi connectivity index (χ3n) is 1.73. The van der Waals surface area contributed by atoms with Gasteiger partial charge in [-0.25, -0.2) is 4.68 Å². The predicted molar refractivity (Wildman–Crippen MR) is 42.7 cm³/mol. The molecule has 1 aromatic heterocycles. The summed E-state index contributed by atoms with van der Waals surface area (Å²) in [5.41, 5.74) is 1.11. The summed E-state index contributed by atoms with van der Waals surface area (Å²) in [7, 11) is 1.63. The zero-order valence-electron chi connectivity index (χ0n) is 6.86. The second-order valence-electron chi connectivity index (χ2n) is 2.59. The number of hydrogen-bond acceptors (Lipinski definition) is 3. The summed E-state index contributed by atoms with van der Waals surface area (Å²) >= 11 is 0. The predicted octanol–water partition coefficient (Wildman–Crippen LogP) is 0.936. The fourth-order valence-corrected chi connectivity index (χ4v) is 1.19. The van der Waals surface area contributed by atoms with Gasteiger partial charge in [0.05, 0.1) is 12.5 Å². The van der Waals surface area contributed by atoms with Gasteiger partial charge in [-0.1, -0.05) is 0 Å². The van der Waals surface area contributed by atoms with Gasteiger partial charge < -0.3 is 9.47 Å². The van der Waals surface area contributed by atoms with Crippen LogP contribution in [0.25, 0.3) is 0 Å². The van der Waals surface area contributed by atoms with Crippen molar-refractivity contribution in [3.63, 3.8) is 0 Å². The summed E-state index contributed by atoms with van der Waals surface area (Å²) in [4.78, 5) is 0. The van der Waals surface area contributed by atoms with Crippen LogP contribution in [0.15, 0.2) is 18.5 Å². The molecule has 0 spiro atoms. The smallest absolute Gasteiger partial charge is 0.222 e. The van der Waals surface area contributed by atoms with Crippen molar-refractivity contribution in [1.82, 2.24) is 9.78 Å². The first kappa shape index (κ1) is 7.36. The lowest BCUT2D eigenvalue weighted by molar-refractivity contribution is 0.113. The molecule has 4 heteroatoms. The Morgan fingerprint density at radius 3 is 3.50 bits per heavy atom. The second kappa shape index (κ2) is 2.98. The maximum atomic E-state index is 5.29. The van der Waals surface area contributed by atoms with Crippen molar-refractivity contribution in [2.24, 2.45) is 0 Å². The summed E-state index contributed by atoms with van der Waals surface area (Å²) in [6.07, 6.45) is 6.33. The fraction of sp³-hybridized carbons (Fsp3) is 0.375. The first-order valence-electron chi connectivity index (χ1n) is 3.77. The molecule has 1 aromatic rings. The largest absolute Gasteiger partial charge is 0.447 e. The molecule has 0 N–H and O–H groups in total. The van der Waals surface area contributed by atoms with E-state index >= 15 is 0 Å². The number of fused-ring (bicyclic) bond motifs is 1. The number of nitrogens with zero attached hydrogens (tertiary/aromatic N) is 2. The Kier molecular flexibility index (Phi) is 1.83. The molecule has 0 bridgehead atoms. The minimum atomic E-state index is 0.434. The van der Waals surface area contributed by atoms with E-state index in [9.17, 15) is 0 Å². The molecule has 0 aliphatic carbocycles. The standard InChI is InChI=1S/C8H10N2O2/c1-11-6-10-8-7(5-9-10)3-2-4-12-8/h2,4-5H,3,6H2,1H3. The summed E-state index contributed by atoms with van der Waals surface area (Å²) < 4.78 is 11.9. The van der Waals surface area contributed by atoms with Crippen LogP contribution in [-0.4, -0.2) is 16.9 Å². The molecule has 0 unspecified atom stereocenters. The van der Waals surface area contributed by atoms with Gasteiger partial charge in [-0.2, -0.15) is 5.10 Å². The molecule has 1 aliphatic heterocycles. The van der Waals surface area contributed by atoms with Crippen LogP contribution < -0.4 is 4.74 Å². The molecule has 0 saturated heterocycles. The molecule has 0 amide bonds. The van der Waals surface area contributed by atoms with E-state index in [1.807, 2.05) is 6.08 Å². The molecule has 0 atom stereocenters. The topological polar surface area (TPSA) is 36.3 Å². The Labute approximate surface area is 70.4 Å². The molecule has 2 heterocycles. The molecule has 1 aliphatic rings. The van der Waals surface area contributed by atoms with Crippen LogP contribution in [0.3, 0.4) is 0 Å². The van der Waals surface area contributed by atoms with Gasteiger partial charge in [-0.15, -0.1) is 0 Å². The fourth-order valence-electron chi connectivity index (χ4n) is 1.19. The van der Waals surface area contributed by atoms with Crippen molar-refractivity contribution in [2.45, 2.75) is 13.2 Å². The quantitative estimate of drug-likeness (QED) is 0.655. The van der Waals surface area contributed by atoms with Crippen molar-refractivity contribution in [3.05, 3.63) is 24.1 Å². The first-order valence-corrected chi connectivity index (χ1v) is 3.77. The summed E-state index contributed by atoms with van der Waals surface area (Å²) in [6, 6.07) is 0. The van der Waals surface area contributed by atoms with E-state index in [2.05, 4.69) is 5.10 Å². The average molecular weight is 166 g/mol.